The van der Waals surface area contributed by atoms with Crippen molar-refractivity contribution in [2.24, 2.45) is 5.92 Å². The van der Waals surface area contributed by atoms with E-state index in [9.17, 15) is 9.90 Å². The van der Waals surface area contributed by atoms with Crippen molar-refractivity contribution in [2.45, 2.75) is 12.5 Å². The number of carbonyl (C=O) groups is 1. The van der Waals surface area contributed by atoms with E-state index in [1.54, 1.807) is 0 Å². The summed E-state index contributed by atoms with van der Waals surface area (Å²) in [7, 11) is 0. The standard InChI is InChI=1S/C17H24N2O3/c20-16(14-4-2-1-3-5-14)12-18-7-9-19(10-8-18)17(21)15-6-11-22-13-15/h1-5,15-16,20H,6-13H2/t15-,16-/m1/s1. The molecule has 3 rings (SSSR count). The Balaban J connectivity index is 1.46. The minimum atomic E-state index is -0.466. The second kappa shape index (κ2) is 7.22. The second-order valence-corrected chi connectivity index (χ2v) is 6.11. The lowest BCUT2D eigenvalue weighted by Crippen LogP contribution is -2.51. The van der Waals surface area contributed by atoms with Crippen molar-refractivity contribution in [2.75, 3.05) is 45.9 Å². The van der Waals surface area contributed by atoms with E-state index in [1.807, 2.05) is 35.2 Å². The molecule has 2 atom stereocenters. The van der Waals surface area contributed by atoms with Crippen LogP contribution in [-0.2, 0) is 9.53 Å². The largest absolute Gasteiger partial charge is 0.387 e. The average Bonchev–Trinajstić information content (AvgIpc) is 3.10. The maximum Gasteiger partial charge on any atom is 0.228 e. The molecule has 120 valence electrons. The highest BCUT2D eigenvalue weighted by Gasteiger charge is 2.30. The molecule has 5 nitrogen and oxygen atoms in total. The molecular formula is C17H24N2O3. The van der Waals surface area contributed by atoms with E-state index in [2.05, 4.69) is 4.90 Å². The predicted molar refractivity (Wildman–Crippen MR) is 83.3 cm³/mol. The molecule has 2 fully saturated rings. The second-order valence-electron chi connectivity index (χ2n) is 6.11. The van der Waals surface area contributed by atoms with Gasteiger partial charge in [-0.05, 0) is 12.0 Å². The van der Waals surface area contributed by atoms with Crippen molar-refractivity contribution in [3.05, 3.63) is 35.9 Å². The Morgan fingerprint density at radius 2 is 1.95 bits per heavy atom. The molecule has 2 heterocycles. The molecule has 0 spiro atoms. The van der Waals surface area contributed by atoms with Crippen molar-refractivity contribution in [3.63, 3.8) is 0 Å². The van der Waals surface area contributed by atoms with Crippen LogP contribution in [0.1, 0.15) is 18.1 Å². The van der Waals surface area contributed by atoms with Crippen LogP contribution in [0.15, 0.2) is 30.3 Å². The van der Waals surface area contributed by atoms with Gasteiger partial charge in [0.2, 0.25) is 5.91 Å². The van der Waals surface area contributed by atoms with Crippen molar-refractivity contribution >= 4 is 5.91 Å². The molecular weight excluding hydrogens is 280 g/mol. The number of aliphatic hydroxyl groups excluding tert-OH is 1. The number of piperazine rings is 1. The molecule has 0 bridgehead atoms. The molecule has 2 aliphatic heterocycles. The van der Waals surface area contributed by atoms with Crippen molar-refractivity contribution in [3.8, 4) is 0 Å². The monoisotopic (exact) mass is 304 g/mol. The maximum absolute atomic E-state index is 12.3. The van der Waals surface area contributed by atoms with Crippen molar-refractivity contribution in [1.82, 2.24) is 9.80 Å². The van der Waals surface area contributed by atoms with Crippen molar-refractivity contribution in [1.29, 1.82) is 0 Å². The van der Waals surface area contributed by atoms with E-state index in [4.69, 9.17) is 4.74 Å². The van der Waals surface area contributed by atoms with E-state index in [0.29, 0.717) is 19.8 Å². The third kappa shape index (κ3) is 3.66. The molecule has 0 saturated carbocycles. The molecule has 1 aromatic rings. The molecule has 1 amide bonds. The highest BCUT2D eigenvalue weighted by atomic mass is 16.5. The summed E-state index contributed by atoms with van der Waals surface area (Å²) >= 11 is 0. The number of aliphatic hydroxyl groups is 1. The first-order chi connectivity index (χ1) is 10.7. The highest BCUT2D eigenvalue weighted by molar-refractivity contribution is 5.79. The summed E-state index contributed by atoms with van der Waals surface area (Å²) in [6.45, 7) is 5.05. The van der Waals surface area contributed by atoms with E-state index in [0.717, 1.165) is 38.2 Å². The number of hydrogen-bond donors (Lipinski definition) is 1. The normalized spacial score (nSPS) is 24.4. The van der Waals surface area contributed by atoms with Crippen LogP contribution in [0.25, 0.3) is 0 Å². The molecule has 0 aromatic heterocycles. The lowest BCUT2D eigenvalue weighted by molar-refractivity contribution is -0.137. The first-order valence-corrected chi connectivity index (χ1v) is 8.06. The SMILES string of the molecule is O=C([C@@H]1CCOC1)N1CCN(C[C@@H](O)c2ccccc2)CC1. The smallest absolute Gasteiger partial charge is 0.228 e. The van der Waals surface area contributed by atoms with Gasteiger partial charge in [0.05, 0.1) is 18.6 Å². The van der Waals surface area contributed by atoms with Gasteiger partial charge in [0.1, 0.15) is 0 Å². The Morgan fingerprint density at radius 3 is 2.59 bits per heavy atom. The van der Waals surface area contributed by atoms with Crippen LogP contribution in [0.3, 0.4) is 0 Å². The molecule has 5 heteroatoms. The lowest BCUT2D eigenvalue weighted by atomic mass is 10.1. The number of benzene rings is 1. The average molecular weight is 304 g/mol. The summed E-state index contributed by atoms with van der Waals surface area (Å²) in [6.07, 6.45) is 0.387. The van der Waals surface area contributed by atoms with Gasteiger partial charge in [-0.15, -0.1) is 0 Å². The zero-order valence-corrected chi connectivity index (χ0v) is 12.9. The van der Waals surface area contributed by atoms with Gasteiger partial charge in [0.15, 0.2) is 0 Å². The van der Waals surface area contributed by atoms with E-state index in [-0.39, 0.29) is 11.8 Å². The van der Waals surface area contributed by atoms with Crippen LogP contribution in [0.4, 0.5) is 0 Å². The van der Waals surface area contributed by atoms with Crippen LogP contribution in [0, 0.1) is 5.92 Å². The van der Waals surface area contributed by atoms with E-state index in [1.165, 1.54) is 0 Å². The molecule has 1 N–H and O–H groups in total. The van der Waals surface area contributed by atoms with Gasteiger partial charge in [-0.3, -0.25) is 9.69 Å². The number of rotatable bonds is 4. The van der Waals surface area contributed by atoms with Gasteiger partial charge < -0.3 is 14.7 Å². The molecule has 1 aromatic carbocycles. The quantitative estimate of drug-likeness (QED) is 0.898. The topological polar surface area (TPSA) is 53.0 Å². The third-order valence-corrected chi connectivity index (χ3v) is 4.58. The van der Waals surface area contributed by atoms with Gasteiger partial charge in [-0.2, -0.15) is 0 Å². The summed E-state index contributed by atoms with van der Waals surface area (Å²) in [5.74, 6) is 0.294. The van der Waals surface area contributed by atoms with Crippen LogP contribution in [-0.4, -0.2) is 66.8 Å². The Bertz CT molecular complexity index is 480. The number of hydrogen-bond acceptors (Lipinski definition) is 4. The molecule has 2 saturated heterocycles. The minimum Gasteiger partial charge on any atom is -0.387 e. The first-order valence-electron chi connectivity index (χ1n) is 8.06. The summed E-state index contributed by atoms with van der Waals surface area (Å²) < 4.78 is 5.30. The Morgan fingerprint density at radius 1 is 1.23 bits per heavy atom. The van der Waals surface area contributed by atoms with Gasteiger partial charge in [0.25, 0.3) is 0 Å². The number of nitrogens with zero attached hydrogens (tertiary/aromatic N) is 2. The Kier molecular flexibility index (Phi) is 5.08. The molecule has 2 aliphatic rings. The number of ether oxygens (including phenoxy) is 1. The van der Waals surface area contributed by atoms with E-state index >= 15 is 0 Å². The zero-order valence-electron chi connectivity index (χ0n) is 12.9. The summed E-state index contributed by atoms with van der Waals surface area (Å²) in [4.78, 5) is 16.5. The number of carbonyl (C=O) groups excluding carboxylic acids is 1. The lowest BCUT2D eigenvalue weighted by Gasteiger charge is -2.36. The third-order valence-electron chi connectivity index (χ3n) is 4.58. The fourth-order valence-corrected chi connectivity index (χ4v) is 3.16. The Hall–Kier alpha value is -1.43. The summed E-state index contributed by atoms with van der Waals surface area (Å²) in [5, 5.41) is 10.3. The predicted octanol–water partition coefficient (Wildman–Crippen LogP) is 0.901. The molecule has 0 unspecified atom stereocenters. The summed E-state index contributed by atoms with van der Waals surface area (Å²) in [6, 6.07) is 9.74. The van der Waals surface area contributed by atoms with Gasteiger partial charge in [-0.25, -0.2) is 0 Å². The number of amides is 1. The van der Waals surface area contributed by atoms with Crippen LogP contribution in [0.2, 0.25) is 0 Å². The molecule has 22 heavy (non-hydrogen) atoms. The van der Waals surface area contributed by atoms with E-state index < -0.39 is 6.10 Å². The molecule has 0 aliphatic carbocycles. The fraction of sp³-hybridized carbons (Fsp3) is 0.588. The Labute approximate surface area is 131 Å². The van der Waals surface area contributed by atoms with Gasteiger partial charge in [0, 0.05) is 39.3 Å². The first kappa shape index (κ1) is 15.5. The van der Waals surface area contributed by atoms with Crippen LogP contribution in [0.5, 0.6) is 0 Å². The molecule has 0 radical (unpaired) electrons. The van der Waals surface area contributed by atoms with Crippen LogP contribution < -0.4 is 0 Å². The van der Waals surface area contributed by atoms with Gasteiger partial charge in [-0.1, -0.05) is 30.3 Å². The highest BCUT2D eigenvalue weighted by Crippen LogP contribution is 2.18. The maximum atomic E-state index is 12.3. The van der Waals surface area contributed by atoms with Crippen LogP contribution >= 0.6 is 0 Å². The zero-order chi connectivity index (χ0) is 15.4. The summed E-state index contributed by atoms with van der Waals surface area (Å²) in [5.41, 5.74) is 0.948. The fourth-order valence-electron chi connectivity index (χ4n) is 3.16. The number of β-amino-alcohol motifs (C(OH)–C–C–N with tert-alkyl or cyclic N) is 1. The minimum absolute atomic E-state index is 0.0569. The van der Waals surface area contributed by atoms with Crippen molar-refractivity contribution < 1.29 is 14.6 Å². The van der Waals surface area contributed by atoms with Gasteiger partial charge >= 0.3 is 0 Å².